The zero-order chi connectivity index (χ0) is 16.2. The number of anilines is 2. The fraction of sp³-hybridized carbons (Fsp3) is 0.368. The van der Waals surface area contributed by atoms with Gasteiger partial charge in [0, 0.05) is 18.4 Å². The lowest BCUT2D eigenvalue weighted by molar-refractivity contribution is 0.325. The number of likely N-dealkylation sites (N-methyl/N-ethyl adjacent to an activating group) is 1. The Labute approximate surface area is 133 Å². The summed E-state index contributed by atoms with van der Waals surface area (Å²) in [5, 5.41) is 0. The highest BCUT2D eigenvalue weighted by atomic mass is 16.5. The monoisotopic (exact) mass is 298 g/mol. The molecule has 0 saturated carbocycles. The molecule has 22 heavy (non-hydrogen) atoms. The molecular formula is C19H26N2O. The van der Waals surface area contributed by atoms with E-state index in [0.717, 1.165) is 23.7 Å². The molecule has 0 bridgehead atoms. The largest absolute Gasteiger partial charge is 0.492 e. The molecule has 3 nitrogen and oxygen atoms in total. The lowest BCUT2D eigenvalue weighted by Crippen LogP contribution is -2.23. The highest BCUT2D eigenvalue weighted by Crippen LogP contribution is 2.24. The van der Waals surface area contributed by atoms with E-state index in [1.54, 1.807) is 0 Å². The number of ether oxygens (including phenoxy) is 1. The van der Waals surface area contributed by atoms with Crippen molar-refractivity contribution in [2.45, 2.75) is 26.2 Å². The Balaban J connectivity index is 1.84. The summed E-state index contributed by atoms with van der Waals surface area (Å²) in [5.41, 5.74) is 9.12. The van der Waals surface area contributed by atoms with Crippen molar-refractivity contribution >= 4 is 11.4 Å². The van der Waals surface area contributed by atoms with E-state index in [2.05, 4.69) is 44.9 Å². The van der Waals surface area contributed by atoms with E-state index in [9.17, 15) is 0 Å². The molecule has 0 atom stereocenters. The van der Waals surface area contributed by atoms with E-state index in [4.69, 9.17) is 10.5 Å². The highest BCUT2D eigenvalue weighted by molar-refractivity contribution is 5.52. The summed E-state index contributed by atoms with van der Waals surface area (Å²) < 4.78 is 5.82. The number of hydrogen-bond donors (Lipinski definition) is 1. The summed E-state index contributed by atoms with van der Waals surface area (Å²) in [4.78, 5) is 2.16. The number of nitrogens with zero attached hydrogens (tertiary/aromatic N) is 1. The number of benzene rings is 2. The predicted octanol–water partition coefficient (Wildman–Crippen LogP) is 4.08. The van der Waals surface area contributed by atoms with Crippen LogP contribution in [0.15, 0.2) is 48.5 Å². The maximum atomic E-state index is 5.82. The van der Waals surface area contributed by atoms with Crippen molar-refractivity contribution < 1.29 is 4.74 Å². The minimum Gasteiger partial charge on any atom is -0.492 e. The van der Waals surface area contributed by atoms with Gasteiger partial charge in [-0.2, -0.15) is 0 Å². The number of nitrogens with two attached hydrogens (primary N) is 1. The summed E-state index contributed by atoms with van der Waals surface area (Å²) in [7, 11) is 2.05. The molecule has 0 fully saturated rings. The molecule has 2 aromatic carbocycles. The second-order valence-electron chi connectivity index (χ2n) is 6.64. The molecule has 0 saturated heterocycles. The van der Waals surface area contributed by atoms with Gasteiger partial charge in [-0.1, -0.05) is 32.9 Å². The topological polar surface area (TPSA) is 38.5 Å². The summed E-state index contributed by atoms with van der Waals surface area (Å²) >= 11 is 0. The highest BCUT2D eigenvalue weighted by Gasteiger charge is 2.12. The quantitative estimate of drug-likeness (QED) is 0.845. The zero-order valence-corrected chi connectivity index (χ0v) is 14.0. The summed E-state index contributed by atoms with van der Waals surface area (Å²) in [6.45, 7) is 8.11. The third-order valence-electron chi connectivity index (χ3n) is 3.75. The maximum Gasteiger partial charge on any atom is 0.119 e. The molecule has 2 N–H and O–H groups in total. The average molecular weight is 298 g/mol. The van der Waals surface area contributed by atoms with Gasteiger partial charge < -0.3 is 15.4 Å². The van der Waals surface area contributed by atoms with Crippen LogP contribution in [0.1, 0.15) is 26.3 Å². The van der Waals surface area contributed by atoms with Crippen LogP contribution < -0.4 is 15.4 Å². The van der Waals surface area contributed by atoms with E-state index in [-0.39, 0.29) is 5.41 Å². The van der Waals surface area contributed by atoms with Gasteiger partial charge in [0.05, 0.1) is 6.54 Å². The third kappa shape index (κ3) is 4.42. The number of nitrogen functional groups attached to an aromatic ring is 1. The molecule has 0 aromatic heterocycles. The van der Waals surface area contributed by atoms with Crippen LogP contribution in [0.2, 0.25) is 0 Å². The van der Waals surface area contributed by atoms with Crippen LogP contribution in [0.25, 0.3) is 0 Å². The minimum absolute atomic E-state index is 0.175. The lowest BCUT2D eigenvalue weighted by atomic mass is 9.87. The Hall–Kier alpha value is -2.16. The molecule has 0 aliphatic rings. The van der Waals surface area contributed by atoms with E-state index in [1.807, 2.05) is 36.4 Å². The van der Waals surface area contributed by atoms with Crippen molar-refractivity contribution in [2.24, 2.45) is 0 Å². The number of hydrogen-bond acceptors (Lipinski definition) is 3. The fourth-order valence-electron chi connectivity index (χ4n) is 2.21. The first-order valence-electron chi connectivity index (χ1n) is 7.66. The molecular weight excluding hydrogens is 272 g/mol. The maximum absolute atomic E-state index is 5.82. The molecule has 0 heterocycles. The first-order valence-corrected chi connectivity index (χ1v) is 7.66. The average Bonchev–Trinajstić information content (AvgIpc) is 2.47. The van der Waals surface area contributed by atoms with Crippen LogP contribution >= 0.6 is 0 Å². The SMILES string of the molecule is CN(CCOc1ccc(C(C)(C)C)cc1)c1ccc(N)cc1. The van der Waals surface area contributed by atoms with Crippen LogP contribution in [0, 0.1) is 0 Å². The summed E-state index contributed by atoms with van der Waals surface area (Å²) in [6.07, 6.45) is 0. The van der Waals surface area contributed by atoms with Gasteiger partial charge in [-0.3, -0.25) is 0 Å². The van der Waals surface area contributed by atoms with Crippen LogP contribution in [0.3, 0.4) is 0 Å². The van der Waals surface area contributed by atoms with Gasteiger partial charge in [-0.15, -0.1) is 0 Å². The van der Waals surface area contributed by atoms with Crippen LogP contribution in [0.4, 0.5) is 11.4 Å². The Bertz CT molecular complexity index is 582. The molecule has 0 aliphatic carbocycles. The van der Waals surface area contributed by atoms with Gasteiger partial charge in [-0.05, 0) is 47.4 Å². The van der Waals surface area contributed by atoms with Crippen LogP contribution in [-0.2, 0) is 5.41 Å². The second kappa shape index (κ2) is 6.73. The van der Waals surface area contributed by atoms with E-state index in [1.165, 1.54) is 5.56 Å². The fourth-order valence-corrected chi connectivity index (χ4v) is 2.21. The van der Waals surface area contributed by atoms with Gasteiger partial charge in [-0.25, -0.2) is 0 Å². The molecule has 0 radical (unpaired) electrons. The molecule has 0 unspecified atom stereocenters. The lowest BCUT2D eigenvalue weighted by Gasteiger charge is -2.21. The Morgan fingerprint density at radius 1 is 0.955 bits per heavy atom. The number of rotatable bonds is 5. The van der Waals surface area contributed by atoms with Crippen molar-refractivity contribution in [3.63, 3.8) is 0 Å². The summed E-state index contributed by atoms with van der Waals surface area (Å²) in [6, 6.07) is 16.2. The molecule has 118 valence electrons. The second-order valence-corrected chi connectivity index (χ2v) is 6.64. The smallest absolute Gasteiger partial charge is 0.119 e. The first-order chi connectivity index (χ1) is 10.4. The van der Waals surface area contributed by atoms with E-state index in [0.29, 0.717) is 6.61 Å². The van der Waals surface area contributed by atoms with Crippen molar-refractivity contribution in [2.75, 3.05) is 30.8 Å². The van der Waals surface area contributed by atoms with Crippen molar-refractivity contribution in [3.8, 4) is 5.75 Å². The Kier molecular flexibility index (Phi) is 4.96. The Morgan fingerprint density at radius 3 is 2.09 bits per heavy atom. The normalized spacial score (nSPS) is 11.3. The van der Waals surface area contributed by atoms with Gasteiger partial charge >= 0.3 is 0 Å². The standard InChI is InChI=1S/C19H26N2O/c1-19(2,3)15-5-11-18(12-6-15)22-14-13-21(4)17-9-7-16(20)8-10-17/h5-12H,13-14,20H2,1-4H3. The minimum atomic E-state index is 0.175. The first kappa shape index (κ1) is 16.2. The van der Waals surface area contributed by atoms with Gasteiger partial charge in [0.15, 0.2) is 0 Å². The molecule has 2 aromatic rings. The van der Waals surface area contributed by atoms with E-state index < -0.39 is 0 Å². The van der Waals surface area contributed by atoms with Crippen molar-refractivity contribution in [1.82, 2.24) is 0 Å². The van der Waals surface area contributed by atoms with E-state index >= 15 is 0 Å². The van der Waals surface area contributed by atoms with Crippen LogP contribution in [0.5, 0.6) is 5.75 Å². The Morgan fingerprint density at radius 2 is 1.55 bits per heavy atom. The molecule has 3 heteroatoms. The molecule has 0 aliphatic heterocycles. The molecule has 0 spiro atoms. The predicted molar refractivity (Wildman–Crippen MR) is 94.8 cm³/mol. The third-order valence-corrected chi connectivity index (χ3v) is 3.75. The van der Waals surface area contributed by atoms with Gasteiger partial charge in [0.2, 0.25) is 0 Å². The summed E-state index contributed by atoms with van der Waals surface area (Å²) in [5.74, 6) is 0.915. The molecule has 0 amide bonds. The van der Waals surface area contributed by atoms with Gasteiger partial charge in [0.1, 0.15) is 12.4 Å². The zero-order valence-electron chi connectivity index (χ0n) is 14.0. The molecule has 2 rings (SSSR count). The van der Waals surface area contributed by atoms with Gasteiger partial charge in [0.25, 0.3) is 0 Å². The van der Waals surface area contributed by atoms with Crippen LogP contribution in [-0.4, -0.2) is 20.2 Å². The van der Waals surface area contributed by atoms with Crippen molar-refractivity contribution in [3.05, 3.63) is 54.1 Å². The van der Waals surface area contributed by atoms with Crippen molar-refractivity contribution in [1.29, 1.82) is 0 Å².